The summed E-state index contributed by atoms with van der Waals surface area (Å²) in [5, 5.41) is 6.22. The Morgan fingerprint density at radius 2 is 2.00 bits per heavy atom. The summed E-state index contributed by atoms with van der Waals surface area (Å²) in [7, 11) is 0. The van der Waals surface area contributed by atoms with Gasteiger partial charge in [-0.1, -0.05) is 5.16 Å². The topological polar surface area (TPSA) is 126 Å². The number of carbonyl (C=O) groups is 2. The minimum absolute atomic E-state index is 0.0129. The number of aromatic nitrogens is 1. The second kappa shape index (κ2) is 6.71. The number of rotatable bonds is 4. The van der Waals surface area contributed by atoms with Crippen molar-refractivity contribution in [2.75, 3.05) is 24.3 Å². The highest BCUT2D eigenvalue weighted by Crippen LogP contribution is 2.32. The molecule has 25 heavy (non-hydrogen) atoms. The van der Waals surface area contributed by atoms with Crippen LogP contribution in [0, 0.1) is 6.92 Å². The van der Waals surface area contributed by atoms with Gasteiger partial charge in [0.05, 0.1) is 5.69 Å². The molecule has 0 spiro atoms. The van der Waals surface area contributed by atoms with Crippen molar-refractivity contribution in [3.05, 3.63) is 29.5 Å². The number of carbonyl (C=O) groups excluding carboxylic acids is 2. The summed E-state index contributed by atoms with van der Waals surface area (Å²) in [6.07, 6.45) is -1.05. The molecule has 0 saturated carbocycles. The molecule has 0 radical (unpaired) electrons. The number of hydrogen-bond acceptors (Lipinski definition) is 8. The Morgan fingerprint density at radius 3 is 2.68 bits per heavy atom. The van der Waals surface area contributed by atoms with Gasteiger partial charge in [-0.25, -0.2) is 4.79 Å². The highest BCUT2D eigenvalue weighted by Gasteiger charge is 2.25. The number of nitrogen functional groups attached to an aromatic ring is 1. The number of hydrogen-bond donors (Lipinski definition) is 2. The van der Waals surface area contributed by atoms with Crippen molar-refractivity contribution in [1.29, 1.82) is 0 Å². The van der Waals surface area contributed by atoms with Crippen molar-refractivity contribution >= 4 is 23.4 Å². The van der Waals surface area contributed by atoms with Crippen molar-refractivity contribution in [2.24, 2.45) is 0 Å². The molecule has 132 valence electrons. The molecule has 0 aliphatic carbocycles. The van der Waals surface area contributed by atoms with E-state index in [0.717, 1.165) is 0 Å². The van der Waals surface area contributed by atoms with Crippen molar-refractivity contribution in [2.45, 2.75) is 20.0 Å². The van der Waals surface area contributed by atoms with Crippen LogP contribution in [0.2, 0.25) is 0 Å². The van der Waals surface area contributed by atoms with E-state index in [1.165, 1.54) is 6.92 Å². The Hall–Kier alpha value is -3.23. The van der Waals surface area contributed by atoms with Crippen LogP contribution in [0.25, 0.3) is 0 Å². The van der Waals surface area contributed by atoms with Gasteiger partial charge in [0.25, 0.3) is 5.91 Å². The molecule has 0 bridgehead atoms. The summed E-state index contributed by atoms with van der Waals surface area (Å²) in [6.45, 7) is 3.93. The molecule has 3 N–H and O–H groups in total. The standard InChI is InChI=1S/C16H17N3O6/c1-8-13(14(17)25-19-8)16(21)24-9(2)15(20)18-10-3-4-11-12(7-10)23-6-5-22-11/h3-4,7,9H,5-6,17H2,1-2H3,(H,18,20)/t9-/m0/s1. The smallest absolute Gasteiger partial charge is 0.346 e. The van der Waals surface area contributed by atoms with Crippen molar-refractivity contribution < 1.29 is 28.3 Å². The van der Waals surface area contributed by atoms with Gasteiger partial charge in [0.15, 0.2) is 17.6 Å². The maximum atomic E-state index is 12.2. The van der Waals surface area contributed by atoms with Crippen molar-refractivity contribution in [1.82, 2.24) is 5.16 Å². The Labute approximate surface area is 143 Å². The second-order valence-corrected chi connectivity index (χ2v) is 5.40. The first-order valence-electron chi connectivity index (χ1n) is 7.59. The predicted molar refractivity (Wildman–Crippen MR) is 86.6 cm³/mol. The van der Waals surface area contributed by atoms with Gasteiger partial charge in [-0.05, 0) is 26.0 Å². The quantitative estimate of drug-likeness (QED) is 0.797. The number of amides is 1. The maximum Gasteiger partial charge on any atom is 0.346 e. The third-order valence-electron chi connectivity index (χ3n) is 3.56. The number of nitrogens with one attached hydrogen (secondary N) is 1. The zero-order valence-electron chi connectivity index (χ0n) is 13.7. The van der Waals surface area contributed by atoms with Gasteiger partial charge < -0.3 is 29.8 Å². The van der Waals surface area contributed by atoms with E-state index in [9.17, 15) is 9.59 Å². The molecule has 1 aromatic carbocycles. The molecule has 9 heteroatoms. The zero-order valence-corrected chi connectivity index (χ0v) is 13.7. The van der Waals surface area contributed by atoms with Gasteiger partial charge in [0.1, 0.15) is 18.8 Å². The molecule has 0 unspecified atom stereocenters. The van der Waals surface area contributed by atoms with Crippen molar-refractivity contribution in [3.63, 3.8) is 0 Å². The Bertz CT molecular complexity index is 797. The number of nitrogens with two attached hydrogens (primary N) is 1. The molecule has 3 rings (SSSR count). The number of anilines is 2. The van der Waals surface area contributed by atoms with Gasteiger partial charge in [0, 0.05) is 11.8 Å². The lowest BCUT2D eigenvalue weighted by atomic mass is 10.2. The minimum atomic E-state index is -1.05. The van der Waals surface area contributed by atoms with Gasteiger partial charge in [-0.15, -0.1) is 0 Å². The van der Waals surface area contributed by atoms with E-state index in [2.05, 4.69) is 10.5 Å². The highest BCUT2D eigenvalue weighted by molar-refractivity contribution is 5.99. The molecule has 0 fully saturated rings. The van der Waals surface area contributed by atoms with E-state index in [0.29, 0.717) is 36.1 Å². The summed E-state index contributed by atoms with van der Waals surface area (Å²) >= 11 is 0. The second-order valence-electron chi connectivity index (χ2n) is 5.40. The Morgan fingerprint density at radius 1 is 1.28 bits per heavy atom. The third kappa shape index (κ3) is 3.49. The first kappa shape index (κ1) is 16.6. The largest absolute Gasteiger partial charge is 0.486 e. The molecule has 1 atom stereocenters. The number of ether oxygens (including phenoxy) is 3. The minimum Gasteiger partial charge on any atom is -0.486 e. The summed E-state index contributed by atoms with van der Waals surface area (Å²) in [4.78, 5) is 24.3. The van der Waals surface area contributed by atoms with E-state index in [-0.39, 0.29) is 11.4 Å². The van der Waals surface area contributed by atoms with Crippen LogP contribution in [0.4, 0.5) is 11.6 Å². The molecule has 2 aromatic rings. The molecule has 2 heterocycles. The lowest BCUT2D eigenvalue weighted by Gasteiger charge is -2.19. The van der Waals surface area contributed by atoms with Gasteiger partial charge in [-0.3, -0.25) is 4.79 Å². The number of esters is 1. The molecule has 0 saturated heterocycles. The normalized spacial score (nSPS) is 13.8. The van der Waals surface area contributed by atoms with Crippen LogP contribution < -0.4 is 20.5 Å². The Balaban J connectivity index is 1.64. The van der Waals surface area contributed by atoms with Gasteiger partial charge in [0.2, 0.25) is 5.88 Å². The average Bonchev–Trinajstić information content (AvgIpc) is 2.93. The summed E-state index contributed by atoms with van der Waals surface area (Å²) < 4.78 is 20.7. The number of aryl methyl sites for hydroxylation is 1. The van der Waals surface area contributed by atoms with Gasteiger partial charge in [-0.2, -0.15) is 0 Å². The van der Waals surface area contributed by atoms with E-state index >= 15 is 0 Å². The molecule has 1 amide bonds. The summed E-state index contributed by atoms with van der Waals surface area (Å²) in [5.41, 5.74) is 6.33. The molecule has 9 nitrogen and oxygen atoms in total. The highest BCUT2D eigenvalue weighted by atomic mass is 16.6. The molecular weight excluding hydrogens is 330 g/mol. The average molecular weight is 347 g/mol. The fourth-order valence-electron chi connectivity index (χ4n) is 2.27. The van der Waals surface area contributed by atoms with Crippen molar-refractivity contribution in [3.8, 4) is 11.5 Å². The number of fused-ring (bicyclic) bond motifs is 1. The molecule has 1 aliphatic rings. The monoisotopic (exact) mass is 347 g/mol. The van der Waals surface area contributed by atoms with Crippen LogP contribution >= 0.6 is 0 Å². The Kier molecular flexibility index (Phi) is 4.46. The van der Waals surface area contributed by atoms with E-state index in [1.54, 1.807) is 25.1 Å². The van der Waals surface area contributed by atoms with Crippen LogP contribution in [0.15, 0.2) is 22.7 Å². The van der Waals surface area contributed by atoms with E-state index in [1.807, 2.05) is 0 Å². The lowest BCUT2D eigenvalue weighted by Crippen LogP contribution is -2.30. The SMILES string of the molecule is Cc1noc(N)c1C(=O)O[C@@H](C)C(=O)Nc1ccc2c(c1)OCCO2. The number of benzene rings is 1. The molecule has 1 aromatic heterocycles. The van der Waals surface area contributed by atoms with Crippen LogP contribution in [0.5, 0.6) is 11.5 Å². The molecule has 1 aliphatic heterocycles. The first-order chi connectivity index (χ1) is 12.0. The van der Waals surface area contributed by atoms with Crippen LogP contribution in [0.1, 0.15) is 23.0 Å². The predicted octanol–water partition coefficient (Wildman–Crippen LogP) is 1.52. The van der Waals surface area contributed by atoms with E-state index in [4.69, 9.17) is 24.5 Å². The lowest BCUT2D eigenvalue weighted by molar-refractivity contribution is -0.123. The molecular formula is C16H17N3O6. The van der Waals surface area contributed by atoms with Crippen LogP contribution in [-0.2, 0) is 9.53 Å². The first-order valence-corrected chi connectivity index (χ1v) is 7.59. The van der Waals surface area contributed by atoms with Gasteiger partial charge >= 0.3 is 5.97 Å². The summed E-state index contributed by atoms with van der Waals surface area (Å²) in [6, 6.07) is 5.01. The fraction of sp³-hybridized carbons (Fsp3) is 0.312. The third-order valence-corrected chi connectivity index (χ3v) is 3.56. The summed E-state index contributed by atoms with van der Waals surface area (Å²) in [5.74, 6) is -0.274. The maximum absolute atomic E-state index is 12.2. The number of nitrogens with zero attached hydrogens (tertiary/aromatic N) is 1. The zero-order chi connectivity index (χ0) is 18.0. The fourth-order valence-corrected chi connectivity index (χ4v) is 2.27. The van der Waals surface area contributed by atoms with Crippen LogP contribution in [0.3, 0.4) is 0 Å². The van der Waals surface area contributed by atoms with Crippen LogP contribution in [-0.4, -0.2) is 36.4 Å². The van der Waals surface area contributed by atoms with E-state index < -0.39 is 18.0 Å².